The third-order valence-electron chi connectivity index (χ3n) is 4.91. The van der Waals surface area contributed by atoms with Crippen LogP contribution in [0.5, 0.6) is 0 Å². The van der Waals surface area contributed by atoms with Crippen molar-refractivity contribution >= 4 is 5.91 Å². The molecule has 1 atom stereocenters. The summed E-state index contributed by atoms with van der Waals surface area (Å²) in [6.07, 6.45) is 2.31. The Hall–Kier alpha value is -2.14. The molecule has 2 aromatic rings. The zero-order valence-corrected chi connectivity index (χ0v) is 14.8. The van der Waals surface area contributed by atoms with Crippen LogP contribution in [-0.2, 0) is 0 Å². The quantitative estimate of drug-likeness (QED) is 0.894. The van der Waals surface area contributed by atoms with Gasteiger partial charge in [0.1, 0.15) is 17.3 Å². The van der Waals surface area contributed by atoms with Crippen molar-refractivity contribution < 1.29 is 13.6 Å². The van der Waals surface area contributed by atoms with Crippen LogP contribution < -0.4 is 5.32 Å². The van der Waals surface area contributed by atoms with Crippen molar-refractivity contribution in [2.24, 2.45) is 5.92 Å². The van der Waals surface area contributed by atoms with Crippen molar-refractivity contribution in [3.05, 3.63) is 59.3 Å². The molecule has 4 nitrogen and oxygen atoms in total. The monoisotopic (exact) mass is 344 g/mol. The van der Waals surface area contributed by atoms with Gasteiger partial charge in [-0.05, 0) is 75.2 Å². The van der Waals surface area contributed by atoms with Gasteiger partial charge in [0.05, 0.1) is 6.04 Å². The Balaban J connectivity index is 1.69. The van der Waals surface area contributed by atoms with E-state index in [9.17, 15) is 9.18 Å². The van der Waals surface area contributed by atoms with Crippen LogP contribution in [0.4, 0.5) is 4.39 Å². The van der Waals surface area contributed by atoms with Gasteiger partial charge in [-0.2, -0.15) is 0 Å². The van der Waals surface area contributed by atoms with E-state index in [2.05, 4.69) is 17.1 Å². The Labute approximate surface area is 148 Å². The molecule has 0 bridgehead atoms. The smallest absolute Gasteiger partial charge is 0.251 e. The van der Waals surface area contributed by atoms with Crippen molar-refractivity contribution in [1.82, 2.24) is 10.2 Å². The maximum absolute atomic E-state index is 13.0. The minimum absolute atomic E-state index is 0.0191. The van der Waals surface area contributed by atoms with Crippen molar-refractivity contribution in [2.45, 2.75) is 32.7 Å². The minimum Gasteiger partial charge on any atom is -0.465 e. The number of furan rings is 1. The Morgan fingerprint density at radius 3 is 2.52 bits per heavy atom. The summed E-state index contributed by atoms with van der Waals surface area (Å²) >= 11 is 0. The number of nitrogens with one attached hydrogen (secondary N) is 1. The van der Waals surface area contributed by atoms with Gasteiger partial charge in [-0.25, -0.2) is 4.39 Å². The molecule has 134 valence electrons. The number of rotatable bonds is 5. The van der Waals surface area contributed by atoms with Crippen LogP contribution >= 0.6 is 0 Å². The lowest BCUT2D eigenvalue weighted by Crippen LogP contribution is -2.41. The maximum atomic E-state index is 13.0. The van der Waals surface area contributed by atoms with Gasteiger partial charge in [0.15, 0.2) is 0 Å². The number of piperidine rings is 1. The topological polar surface area (TPSA) is 45.5 Å². The molecule has 0 spiro atoms. The Bertz CT molecular complexity index is 703. The van der Waals surface area contributed by atoms with E-state index < -0.39 is 0 Å². The first-order valence-electron chi connectivity index (χ1n) is 8.87. The first-order valence-corrected chi connectivity index (χ1v) is 8.87. The molecule has 1 N–H and O–H groups in total. The first kappa shape index (κ1) is 17.7. The van der Waals surface area contributed by atoms with E-state index in [1.54, 1.807) is 0 Å². The number of carbonyl (C=O) groups excluding carboxylic acids is 1. The minimum atomic E-state index is -0.345. The van der Waals surface area contributed by atoms with E-state index in [0.29, 0.717) is 12.1 Å². The highest BCUT2D eigenvalue weighted by molar-refractivity contribution is 5.94. The Morgan fingerprint density at radius 1 is 1.24 bits per heavy atom. The van der Waals surface area contributed by atoms with Crippen LogP contribution in [0.2, 0.25) is 0 Å². The predicted molar refractivity (Wildman–Crippen MR) is 94.9 cm³/mol. The number of nitrogens with zero attached hydrogens (tertiary/aromatic N) is 1. The number of hydrogen-bond donors (Lipinski definition) is 1. The summed E-state index contributed by atoms with van der Waals surface area (Å²) < 4.78 is 18.8. The van der Waals surface area contributed by atoms with Crippen molar-refractivity contribution in [2.75, 3.05) is 19.6 Å². The molecular weight excluding hydrogens is 319 g/mol. The maximum Gasteiger partial charge on any atom is 0.251 e. The van der Waals surface area contributed by atoms with Crippen LogP contribution in [0.1, 0.15) is 47.7 Å². The third kappa shape index (κ3) is 4.48. The molecule has 1 aliphatic heterocycles. The number of halogens is 1. The van der Waals surface area contributed by atoms with E-state index in [1.807, 2.05) is 19.1 Å². The molecule has 1 fully saturated rings. The Morgan fingerprint density at radius 2 is 1.92 bits per heavy atom. The van der Waals surface area contributed by atoms with Gasteiger partial charge in [0.2, 0.25) is 0 Å². The zero-order valence-electron chi connectivity index (χ0n) is 14.8. The molecule has 1 aliphatic rings. The van der Waals surface area contributed by atoms with Crippen LogP contribution in [0, 0.1) is 18.7 Å². The number of benzene rings is 1. The summed E-state index contributed by atoms with van der Waals surface area (Å²) in [5, 5.41) is 2.97. The van der Waals surface area contributed by atoms with Crippen LogP contribution in [-0.4, -0.2) is 30.4 Å². The molecule has 2 heterocycles. The van der Waals surface area contributed by atoms with Gasteiger partial charge in [-0.3, -0.25) is 9.69 Å². The molecule has 1 unspecified atom stereocenters. The third-order valence-corrected chi connectivity index (χ3v) is 4.91. The molecular formula is C20H25FN2O2. The highest BCUT2D eigenvalue weighted by Gasteiger charge is 2.27. The summed E-state index contributed by atoms with van der Waals surface area (Å²) in [6.45, 7) is 6.67. The number of aryl methyl sites for hydroxylation is 1. The average molecular weight is 344 g/mol. The van der Waals surface area contributed by atoms with Gasteiger partial charge in [-0.15, -0.1) is 0 Å². The molecule has 5 heteroatoms. The summed E-state index contributed by atoms with van der Waals surface area (Å²) in [6, 6.07) is 9.56. The normalized spacial score (nSPS) is 17.4. The number of hydrogen-bond acceptors (Lipinski definition) is 3. The lowest BCUT2D eigenvalue weighted by molar-refractivity contribution is 0.0895. The second-order valence-electron chi connectivity index (χ2n) is 6.90. The second-order valence-corrected chi connectivity index (χ2v) is 6.90. The molecule has 0 aliphatic carbocycles. The summed E-state index contributed by atoms with van der Waals surface area (Å²) in [4.78, 5) is 14.7. The lowest BCUT2D eigenvalue weighted by atomic mass is 9.97. The van der Waals surface area contributed by atoms with E-state index in [1.165, 1.54) is 24.3 Å². The average Bonchev–Trinajstić information content (AvgIpc) is 3.03. The van der Waals surface area contributed by atoms with Crippen LogP contribution in [0.15, 0.2) is 40.8 Å². The van der Waals surface area contributed by atoms with Gasteiger partial charge >= 0.3 is 0 Å². The second kappa shape index (κ2) is 7.83. The number of likely N-dealkylation sites (tertiary alicyclic amines) is 1. The lowest BCUT2D eigenvalue weighted by Gasteiger charge is -2.35. The molecule has 1 amide bonds. The van der Waals surface area contributed by atoms with Gasteiger partial charge in [0, 0.05) is 12.1 Å². The zero-order chi connectivity index (χ0) is 17.8. The highest BCUT2D eigenvalue weighted by Crippen LogP contribution is 2.27. The number of carbonyl (C=O) groups is 1. The SMILES string of the molecule is Cc1ccc(C(CNC(=O)c2ccc(F)cc2)N2CCC(C)CC2)o1. The molecule has 1 aromatic carbocycles. The summed E-state index contributed by atoms with van der Waals surface area (Å²) in [7, 11) is 0. The van der Waals surface area contributed by atoms with Gasteiger partial charge in [-0.1, -0.05) is 6.92 Å². The van der Waals surface area contributed by atoms with Crippen LogP contribution in [0.3, 0.4) is 0 Å². The van der Waals surface area contributed by atoms with E-state index in [-0.39, 0.29) is 17.8 Å². The predicted octanol–water partition coefficient (Wildman–Crippen LogP) is 3.93. The first-order chi connectivity index (χ1) is 12.0. The number of amides is 1. The van der Waals surface area contributed by atoms with Crippen molar-refractivity contribution in [3.63, 3.8) is 0 Å². The van der Waals surface area contributed by atoms with E-state index in [0.717, 1.165) is 43.4 Å². The fourth-order valence-corrected chi connectivity index (χ4v) is 3.28. The fraction of sp³-hybridized carbons (Fsp3) is 0.450. The molecule has 0 saturated carbocycles. The molecule has 3 rings (SSSR count). The Kier molecular flexibility index (Phi) is 5.53. The standard InChI is InChI=1S/C20H25FN2O2/c1-14-9-11-23(12-10-14)18(19-8-3-15(2)25-19)13-22-20(24)16-4-6-17(21)7-5-16/h3-8,14,18H,9-13H2,1-2H3,(H,22,24). The van der Waals surface area contributed by atoms with E-state index >= 15 is 0 Å². The molecule has 1 aromatic heterocycles. The molecule has 25 heavy (non-hydrogen) atoms. The largest absolute Gasteiger partial charge is 0.465 e. The fourth-order valence-electron chi connectivity index (χ4n) is 3.28. The molecule has 1 saturated heterocycles. The van der Waals surface area contributed by atoms with Gasteiger partial charge in [0.25, 0.3) is 5.91 Å². The molecule has 0 radical (unpaired) electrons. The van der Waals surface area contributed by atoms with E-state index in [4.69, 9.17) is 4.42 Å². The highest BCUT2D eigenvalue weighted by atomic mass is 19.1. The summed E-state index contributed by atoms with van der Waals surface area (Å²) in [5.41, 5.74) is 0.461. The van der Waals surface area contributed by atoms with Gasteiger partial charge < -0.3 is 9.73 Å². The van der Waals surface area contributed by atoms with Crippen molar-refractivity contribution in [1.29, 1.82) is 0 Å². The summed E-state index contributed by atoms with van der Waals surface area (Å²) in [5.74, 6) is 1.95. The van der Waals surface area contributed by atoms with Crippen LogP contribution in [0.25, 0.3) is 0 Å². The van der Waals surface area contributed by atoms with Crippen molar-refractivity contribution in [3.8, 4) is 0 Å².